The van der Waals surface area contributed by atoms with Gasteiger partial charge in [-0.2, -0.15) is 0 Å². The van der Waals surface area contributed by atoms with Crippen molar-refractivity contribution < 1.29 is 23.9 Å². The number of nitrogens with zero attached hydrogens (tertiary/aromatic N) is 3. The Hall–Kier alpha value is -4.31. The summed E-state index contributed by atoms with van der Waals surface area (Å²) < 4.78 is 12.2. The van der Waals surface area contributed by atoms with E-state index in [1.54, 1.807) is 39.1 Å². The lowest BCUT2D eigenvalue weighted by Crippen LogP contribution is -2.35. The third-order valence-electron chi connectivity index (χ3n) is 6.65. The monoisotopic (exact) mass is 531 g/mol. The number of hydrogen-bond acceptors (Lipinski definition) is 8. The van der Waals surface area contributed by atoms with E-state index in [0.717, 1.165) is 16.9 Å². The van der Waals surface area contributed by atoms with Crippen LogP contribution in [0.3, 0.4) is 0 Å². The molecule has 1 aliphatic heterocycles. The molecule has 2 aromatic carbocycles. The van der Waals surface area contributed by atoms with E-state index < -0.39 is 17.6 Å². The summed E-state index contributed by atoms with van der Waals surface area (Å²) in [5.74, 6) is -0.542. The molecule has 0 N–H and O–H groups in total. The van der Waals surface area contributed by atoms with E-state index in [9.17, 15) is 19.2 Å². The van der Waals surface area contributed by atoms with Crippen molar-refractivity contribution in [3.05, 3.63) is 86.8 Å². The number of aromatic nitrogens is 2. The first-order chi connectivity index (χ1) is 18.3. The van der Waals surface area contributed by atoms with Crippen LogP contribution < -0.4 is 15.2 Å². The standard InChI is InChI=1S/C28H25N3O6S/c1-16-23-26(38-25(16)28(35)36-12-11-18-7-5-4-6-8-18)29-15-31(27(23)34)17(2)24(33)19-9-10-21-20(13-19)30(3)22(32)14-37-21/h4-10,13,15,17H,11-12,14H2,1-3H3. The summed E-state index contributed by atoms with van der Waals surface area (Å²) in [4.78, 5) is 58.1. The zero-order chi connectivity index (χ0) is 27.0. The molecule has 0 saturated heterocycles. The number of Topliss-reactive ketones (excluding diaryl/α,β-unsaturated/α-hetero) is 1. The average molecular weight is 532 g/mol. The molecule has 0 saturated carbocycles. The van der Waals surface area contributed by atoms with Crippen molar-refractivity contribution in [2.45, 2.75) is 26.3 Å². The second-order valence-electron chi connectivity index (χ2n) is 9.03. The number of ketones is 1. The van der Waals surface area contributed by atoms with E-state index in [1.807, 2.05) is 30.3 Å². The molecular formula is C28H25N3O6S. The normalized spacial score (nSPS) is 13.7. The Labute approximate surface area is 222 Å². The van der Waals surface area contributed by atoms with Crippen molar-refractivity contribution in [2.75, 3.05) is 25.2 Å². The first-order valence-electron chi connectivity index (χ1n) is 12.0. The molecule has 4 aromatic rings. The zero-order valence-corrected chi connectivity index (χ0v) is 21.9. The molecule has 1 amide bonds. The Kier molecular flexibility index (Phi) is 6.81. The number of hydrogen-bond donors (Lipinski definition) is 0. The molecule has 9 nitrogen and oxygen atoms in total. The van der Waals surface area contributed by atoms with E-state index in [-0.39, 0.29) is 30.3 Å². The molecule has 3 heterocycles. The van der Waals surface area contributed by atoms with Gasteiger partial charge in [0.1, 0.15) is 15.5 Å². The maximum Gasteiger partial charge on any atom is 0.348 e. The molecule has 38 heavy (non-hydrogen) atoms. The summed E-state index contributed by atoms with van der Waals surface area (Å²) in [5.41, 5.74) is 1.94. The Morgan fingerprint density at radius 3 is 2.68 bits per heavy atom. The highest BCUT2D eigenvalue weighted by Crippen LogP contribution is 2.33. The fourth-order valence-corrected chi connectivity index (χ4v) is 5.41. The van der Waals surface area contributed by atoms with Gasteiger partial charge in [0, 0.05) is 19.0 Å². The molecule has 1 aliphatic rings. The molecular weight excluding hydrogens is 506 g/mol. The summed E-state index contributed by atoms with van der Waals surface area (Å²) in [7, 11) is 1.62. The van der Waals surface area contributed by atoms with Gasteiger partial charge in [0.2, 0.25) is 0 Å². The number of benzene rings is 2. The number of aryl methyl sites for hydroxylation is 1. The first kappa shape index (κ1) is 25.3. The molecule has 0 fully saturated rings. The van der Waals surface area contributed by atoms with Gasteiger partial charge in [-0.3, -0.25) is 19.0 Å². The number of carbonyl (C=O) groups is 3. The predicted molar refractivity (Wildman–Crippen MR) is 143 cm³/mol. The number of amides is 1. The highest BCUT2D eigenvalue weighted by molar-refractivity contribution is 7.20. The quantitative estimate of drug-likeness (QED) is 0.262. The van der Waals surface area contributed by atoms with Crippen LogP contribution in [0.25, 0.3) is 10.2 Å². The van der Waals surface area contributed by atoms with Gasteiger partial charge in [-0.1, -0.05) is 30.3 Å². The van der Waals surface area contributed by atoms with Crippen LogP contribution in [0.5, 0.6) is 5.75 Å². The summed E-state index contributed by atoms with van der Waals surface area (Å²) in [6, 6.07) is 13.7. The number of rotatable bonds is 7. The van der Waals surface area contributed by atoms with Gasteiger partial charge >= 0.3 is 5.97 Å². The fraction of sp³-hybridized carbons (Fsp3) is 0.250. The van der Waals surface area contributed by atoms with Crippen molar-refractivity contribution in [2.24, 2.45) is 0 Å². The van der Waals surface area contributed by atoms with Crippen LogP contribution in [0.2, 0.25) is 0 Å². The fourth-order valence-electron chi connectivity index (χ4n) is 4.37. The zero-order valence-electron chi connectivity index (χ0n) is 21.1. The number of ether oxygens (including phenoxy) is 2. The van der Waals surface area contributed by atoms with E-state index in [4.69, 9.17) is 9.47 Å². The van der Waals surface area contributed by atoms with Crippen molar-refractivity contribution in [1.82, 2.24) is 9.55 Å². The van der Waals surface area contributed by atoms with Gasteiger partial charge in [0.15, 0.2) is 12.4 Å². The molecule has 0 bridgehead atoms. The Balaban J connectivity index is 1.38. The van der Waals surface area contributed by atoms with Crippen molar-refractivity contribution in [3.8, 4) is 5.75 Å². The van der Waals surface area contributed by atoms with Gasteiger partial charge in [-0.25, -0.2) is 9.78 Å². The predicted octanol–water partition coefficient (Wildman–Crippen LogP) is 3.97. The topological polar surface area (TPSA) is 108 Å². The van der Waals surface area contributed by atoms with Crippen LogP contribution in [0, 0.1) is 6.92 Å². The number of fused-ring (bicyclic) bond motifs is 2. The highest BCUT2D eigenvalue weighted by Gasteiger charge is 2.27. The molecule has 194 valence electrons. The van der Waals surface area contributed by atoms with Crippen molar-refractivity contribution in [1.29, 1.82) is 0 Å². The lowest BCUT2D eigenvalue weighted by Gasteiger charge is -2.26. The lowest BCUT2D eigenvalue weighted by atomic mass is 10.0. The molecule has 0 aliphatic carbocycles. The SMILES string of the molecule is Cc1c(C(=O)OCCc2ccccc2)sc2ncn(C(C)C(=O)c3ccc4c(c3)N(C)C(=O)CO4)c(=O)c12. The van der Waals surface area contributed by atoms with Gasteiger partial charge in [0.25, 0.3) is 11.5 Å². The minimum Gasteiger partial charge on any atom is -0.482 e. The third-order valence-corrected chi connectivity index (χ3v) is 7.83. The third kappa shape index (κ3) is 4.58. The molecule has 5 rings (SSSR count). The second-order valence-corrected chi connectivity index (χ2v) is 10.0. The maximum absolute atomic E-state index is 13.4. The average Bonchev–Trinajstić information content (AvgIpc) is 3.27. The van der Waals surface area contributed by atoms with Gasteiger partial charge in [-0.15, -0.1) is 11.3 Å². The summed E-state index contributed by atoms with van der Waals surface area (Å²) in [6.45, 7) is 3.45. The maximum atomic E-state index is 13.4. The van der Waals surface area contributed by atoms with E-state index in [0.29, 0.717) is 38.7 Å². The molecule has 1 atom stereocenters. The minimum absolute atomic E-state index is 0.0587. The number of likely N-dealkylation sites (N-methyl/N-ethyl adjacent to an activating group) is 1. The Morgan fingerprint density at radius 2 is 1.92 bits per heavy atom. The number of carbonyl (C=O) groups excluding carboxylic acids is 3. The van der Waals surface area contributed by atoms with Crippen molar-refractivity contribution >= 4 is 44.9 Å². The van der Waals surface area contributed by atoms with E-state index in [2.05, 4.69) is 4.98 Å². The van der Waals surface area contributed by atoms with Crippen LogP contribution in [0.1, 0.15) is 44.1 Å². The number of esters is 1. The number of anilines is 1. The minimum atomic E-state index is -0.872. The summed E-state index contributed by atoms with van der Waals surface area (Å²) in [5, 5.41) is 0.288. The lowest BCUT2D eigenvalue weighted by molar-refractivity contribution is -0.121. The van der Waals surface area contributed by atoms with Crippen LogP contribution in [0.4, 0.5) is 5.69 Å². The molecule has 10 heteroatoms. The molecule has 0 radical (unpaired) electrons. The largest absolute Gasteiger partial charge is 0.482 e. The van der Waals surface area contributed by atoms with Crippen LogP contribution in [-0.2, 0) is 16.0 Å². The first-order valence-corrected chi connectivity index (χ1v) is 12.9. The second kappa shape index (κ2) is 10.2. The van der Waals surface area contributed by atoms with Gasteiger partial charge in [0.05, 0.1) is 30.0 Å². The molecule has 1 unspecified atom stereocenters. The molecule has 0 spiro atoms. The van der Waals surface area contributed by atoms with Crippen LogP contribution in [-0.4, -0.2) is 47.5 Å². The Morgan fingerprint density at radius 1 is 1.16 bits per heavy atom. The van der Waals surface area contributed by atoms with Crippen molar-refractivity contribution in [3.63, 3.8) is 0 Å². The molecule has 2 aromatic heterocycles. The van der Waals surface area contributed by atoms with Gasteiger partial charge < -0.3 is 14.4 Å². The highest BCUT2D eigenvalue weighted by atomic mass is 32.1. The van der Waals surface area contributed by atoms with Crippen LogP contribution >= 0.6 is 11.3 Å². The van der Waals surface area contributed by atoms with E-state index in [1.165, 1.54) is 15.8 Å². The van der Waals surface area contributed by atoms with Crippen LogP contribution in [0.15, 0.2) is 59.7 Å². The summed E-state index contributed by atoms with van der Waals surface area (Å²) >= 11 is 1.10. The Bertz CT molecular complexity index is 1630. The number of thiophene rings is 1. The van der Waals surface area contributed by atoms with E-state index >= 15 is 0 Å². The van der Waals surface area contributed by atoms with Gasteiger partial charge in [-0.05, 0) is 43.2 Å². The summed E-state index contributed by atoms with van der Waals surface area (Å²) in [6.07, 6.45) is 1.91. The smallest absolute Gasteiger partial charge is 0.348 e.